The first-order chi connectivity index (χ1) is 15.3. The van der Waals surface area contributed by atoms with Gasteiger partial charge in [0.2, 0.25) is 5.13 Å². The minimum atomic E-state index is -3.70. The van der Waals surface area contributed by atoms with Crippen LogP contribution in [0.5, 0.6) is 0 Å². The largest absolute Gasteiger partial charge is 0.296 e. The monoisotopic (exact) mass is 464 g/mol. The van der Waals surface area contributed by atoms with Gasteiger partial charge in [0.25, 0.3) is 15.9 Å². The Bertz CT molecular complexity index is 1330. The van der Waals surface area contributed by atoms with Gasteiger partial charge in [0, 0.05) is 18.2 Å². The van der Waals surface area contributed by atoms with Crippen molar-refractivity contribution in [1.82, 2.24) is 10.2 Å². The molecule has 9 heteroatoms. The lowest BCUT2D eigenvalue weighted by Crippen LogP contribution is -2.26. The van der Waals surface area contributed by atoms with Gasteiger partial charge in [0.1, 0.15) is 5.01 Å². The lowest BCUT2D eigenvalue weighted by atomic mass is 10.2. The number of hydrogen-bond acceptors (Lipinski definition) is 6. The fourth-order valence-corrected chi connectivity index (χ4v) is 4.91. The Morgan fingerprint density at radius 2 is 1.56 bits per heavy atom. The predicted molar refractivity (Wildman–Crippen MR) is 127 cm³/mol. The van der Waals surface area contributed by atoms with Crippen molar-refractivity contribution in [2.45, 2.75) is 11.8 Å². The Labute approximate surface area is 190 Å². The lowest BCUT2D eigenvalue weighted by Gasteiger charge is -2.19. The van der Waals surface area contributed by atoms with E-state index in [2.05, 4.69) is 15.5 Å². The number of aryl methyl sites for hydroxylation is 1. The molecular weight excluding hydrogens is 444 g/mol. The molecule has 0 bridgehead atoms. The summed E-state index contributed by atoms with van der Waals surface area (Å²) in [5.41, 5.74) is 2.73. The van der Waals surface area contributed by atoms with Gasteiger partial charge in [0.15, 0.2) is 0 Å². The van der Waals surface area contributed by atoms with E-state index in [0.717, 1.165) is 11.1 Å². The minimum absolute atomic E-state index is 0.206. The number of nitrogens with one attached hydrogen (secondary N) is 1. The highest BCUT2D eigenvalue weighted by atomic mass is 32.2. The number of nitrogens with zero attached hydrogens (tertiary/aromatic N) is 3. The molecule has 0 aliphatic rings. The van der Waals surface area contributed by atoms with Crippen LogP contribution in [0.3, 0.4) is 0 Å². The highest BCUT2D eigenvalue weighted by molar-refractivity contribution is 7.92. The standard InChI is InChI=1S/C23H20N4O3S2/c1-16-8-14-20(15-9-16)32(29,30)27(2)19-12-10-17(11-13-19)21(28)24-23-26-25-22(31-23)18-6-4-3-5-7-18/h3-15H,1-2H3,(H,24,26,28). The zero-order chi connectivity index (χ0) is 22.7. The molecule has 32 heavy (non-hydrogen) atoms. The molecule has 4 aromatic rings. The third-order valence-electron chi connectivity index (χ3n) is 4.84. The maximum absolute atomic E-state index is 12.9. The van der Waals surface area contributed by atoms with Crippen LogP contribution in [0.4, 0.5) is 10.8 Å². The van der Waals surface area contributed by atoms with E-state index in [4.69, 9.17) is 0 Å². The fourth-order valence-electron chi connectivity index (χ4n) is 2.97. The topological polar surface area (TPSA) is 92.3 Å². The second-order valence-corrected chi connectivity index (χ2v) is 10.0. The minimum Gasteiger partial charge on any atom is -0.296 e. The Hall–Kier alpha value is -3.56. The van der Waals surface area contributed by atoms with E-state index in [1.54, 1.807) is 48.5 Å². The molecule has 0 aliphatic heterocycles. The average molecular weight is 465 g/mol. The second kappa shape index (κ2) is 8.89. The first-order valence-corrected chi connectivity index (χ1v) is 12.0. The molecule has 1 aromatic heterocycles. The van der Waals surface area contributed by atoms with Crippen LogP contribution in [0.2, 0.25) is 0 Å². The number of benzene rings is 3. The maximum atomic E-state index is 12.9. The maximum Gasteiger partial charge on any atom is 0.264 e. The predicted octanol–water partition coefficient (Wildman–Crippen LogP) is 4.59. The van der Waals surface area contributed by atoms with Crippen molar-refractivity contribution in [3.63, 3.8) is 0 Å². The zero-order valence-corrected chi connectivity index (χ0v) is 19.0. The van der Waals surface area contributed by atoms with E-state index in [9.17, 15) is 13.2 Å². The van der Waals surface area contributed by atoms with Crippen LogP contribution in [-0.4, -0.2) is 31.6 Å². The molecule has 4 rings (SSSR count). The number of rotatable bonds is 6. The molecule has 0 atom stereocenters. The summed E-state index contributed by atoms with van der Waals surface area (Å²) in [6.45, 7) is 1.90. The molecule has 0 fully saturated rings. The van der Waals surface area contributed by atoms with Gasteiger partial charge >= 0.3 is 0 Å². The summed E-state index contributed by atoms with van der Waals surface area (Å²) in [4.78, 5) is 12.8. The molecule has 0 unspecified atom stereocenters. The summed E-state index contributed by atoms with van der Waals surface area (Å²) in [6.07, 6.45) is 0. The van der Waals surface area contributed by atoms with Crippen LogP contribution in [0.25, 0.3) is 10.6 Å². The summed E-state index contributed by atoms with van der Waals surface area (Å²) in [5, 5.41) is 12.0. The van der Waals surface area contributed by atoms with Crippen LogP contribution in [0.1, 0.15) is 15.9 Å². The van der Waals surface area contributed by atoms with Crippen LogP contribution in [0.15, 0.2) is 83.8 Å². The van der Waals surface area contributed by atoms with E-state index in [-0.39, 0.29) is 10.8 Å². The summed E-state index contributed by atoms with van der Waals surface area (Å²) in [5.74, 6) is -0.351. The van der Waals surface area contributed by atoms with Crippen LogP contribution in [-0.2, 0) is 10.0 Å². The molecule has 7 nitrogen and oxygen atoms in total. The van der Waals surface area contributed by atoms with Gasteiger partial charge in [-0.2, -0.15) is 0 Å². The SMILES string of the molecule is Cc1ccc(S(=O)(=O)N(C)c2ccc(C(=O)Nc3nnc(-c4ccccc4)s3)cc2)cc1. The number of anilines is 2. The first-order valence-electron chi connectivity index (χ1n) is 9.70. The van der Waals surface area contributed by atoms with E-state index in [1.165, 1.54) is 22.7 Å². The molecule has 3 aromatic carbocycles. The Balaban J connectivity index is 1.47. The van der Waals surface area contributed by atoms with Gasteiger partial charge < -0.3 is 0 Å². The van der Waals surface area contributed by atoms with Crippen molar-refractivity contribution >= 4 is 38.1 Å². The van der Waals surface area contributed by atoms with Gasteiger partial charge in [-0.15, -0.1) is 10.2 Å². The summed E-state index contributed by atoms with van der Waals surface area (Å²) in [7, 11) is -2.22. The molecule has 0 spiro atoms. The number of aromatic nitrogens is 2. The molecular formula is C23H20N4O3S2. The fraction of sp³-hybridized carbons (Fsp3) is 0.0870. The first kappa shape index (κ1) is 21.7. The normalized spacial score (nSPS) is 11.2. The average Bonchev–Trinajstić information content (AvgIpc) is 3.28. The Morgan fingerprint density at radius 1 is 0.906 bits per heavy atom. The van der Waals surface area contributed by atoms with Crippen LogP contribution >= 0.6 is 11.3 Å². The Morgan fingerprint density at radius 3 is 2.22 bits per heavy atom. The summed E-state index contributed by atoms with van der Waals surface area (Å²) < 4.78 is 26.9. The third-order valence-corrected chi connectivity index (χ3v) is 7.53. The zero-order valence-electron chi connectivity index (χ0n) is 17.4. The van der Waals surface area contributed by atoms with Crippen molar-refractivity contribution in [2.24, 2.45) is 0 Å². The van der Waals surface area contributed by atoms with Gasteiger partial charge in [-0.1, -0.05) is 59.4 Å². The lowest BCUT2D eigenvalue weighted by molar-refractivity contribution is 0.102. The van der Waals surface area contributed by atoms with Gasteiger partial charge in [-0.3, -0.25) is 14.4 Å². The molecule has 1 amide bonds. The number of hydrogen-bond donors (Lipinski definition) is 1. The van der Waals surface area contributed by atoms with Crippen molar-refractivity contribution < 1.29 is 13.2 Å². The smallest absolute Gasteiger partial charge is 0.264 e. The molecule has 162 valence electrons. The van der Waals surface area contributed by atoms with Gasteiger partial charge in [-0.05, 0) is 43.3 Å². The second-order valence-electron chi connectivity index (χ2n) is 7.06. The number of carbonyl (C=O) groups excluding carboxylic acids is 1. The number of sulfonamides is 1. The molecule has 0 radical (unpaired) electrons. The van der Waals surface area contributed by atoms with E-state index < -0.39 is 10.0 Å². The van der Waals surface area contributed by atoms with Crippen molar-refractivity contribution in [3.05, 3.63) is 90.0 Å². The molecule has 1 N–H and O–H groups in total. The van der Waals surface area contributed by atoms with Crippen molar-refractivity contribution in [1.29, 1.82) is 0 Å². The van der Waals surface area contributed by atoms with Gasteiger partial charge in [-0.25, -0.2) is 8.42 Å². The quantitative estimate of drug-likeness (QED) is 0.451. The molecule has 0 saturated heterocycles. The molecule has 1 heterocycles. The number of carbonyl (C=O) groups is 1. The highest BCUT2D eigenvalue weighted by Crippen LogP contribution is 2.27. The van der Waals surface area contributed by atoms with Gasteiger partial charge in [0.05, 0.1) is 10.6 Å². The van der Waals surface area contributed by atoms with Crippen LogP contribution in [0, 0.1) is 6.92 Å². The highest BCUT2D eigenvalue weighted by Gasteiger charge is 2.21. The van der Waals surface area contributed by atoms with Crippen LogP contribution < -0.4 is 9.62 Å². The van der Waals surface area contributed by atoms with E-state index >= 15 is 0 Å². The summed E-state index contributed by atoms with van der Waals surface area (Å²) in [6, 6.07) is 22.6. The molecule has 0 saturated carbocycles. The summed E-state index contributed by atoms with van der Waals surface area (Å²) >= 11 is 1.28. The van der Waals surface area contributed by atoms with E-state index in [1.807, 2.05) is 37.3 Å². The Kier molecular flexibility index (Phi) is 6.02. The third kappa shape index (κ3) is 4.53. The number of amides is 1. The molecule has 0 aliphatic carbocycles. The van der Waals surface area contributed by atoms with Crippen molar-refractivity contribution in [3.8, 4) is 10.6 Å². The van der Waals surface area contributed by atoms with Crippen molar-refractivity contribution in [2.75, 3.05) is 16.7 Å². The van der Waals surface area contributed by atoms with E-state index in [0.29, 0.717) is 21.4 Å².